The van der Waals surface area contributed by atoms with E-state index in [-0.39, 0.29) is 16.5 Å². The van der Waals surface area contributed by atoms with Crippen molar-refractivity contribution in [3.63, 3.8) is 0 Å². The maximum absolute atomic E-state index is 4.62. The van der Waals surface area contributed by atoms with E-state index in [1.54, 1.807) is 0 Å². The van der Waals surface area contributed by atoms with E-state index in [4.69, 9.17) is 0 Å². The van der Waals surface area contributed by atoms with E-state index in [9.17, 15) is 0 Å². The van der Waals surface area contributed by atoms with Gasteiger partial charge in [0, 0.05) is 28.9 Å². The summed E-state index contributed by atoms with van der Waals surface area (Å²) < 4.78 is 0. The molecule has 2 aromatic carbocycles. The van der Waals surface area contributed by atoms with Gasteiger partial charge in [0.2, 0.25) is 0 Å². The van der Waals surface area contributed by atoms with Gasteiger partial charge in [-0.05, 0) is 61.1 Å². The Hall–Kier alpha value is -1.73. The molecule has 0 amide bonds. The molecule has 2 aromatic rings. The fourth-order valence-corrected chi connectivity index (χ4v) is 10.3. The van der Waals surface area contributed by atoms with Crippen molar-refractivity contribution in [2.75, 3.05) is 0 Å². The Balaban J connectivity index is 0.0000238. The molecule has 0 saturated heterocycles. The average Bonchev–Trinajstić information content (AvgIpc) is 3.36. The quantitative estimate of drug-likeness (QED) is 0.0358. The van der Waals surface area contributed by atoms with Gasteiger partial charge in [-0.25, -0.2) is 0 Å². The van der Waals surface area contributed by atoms with Crippen molar-refractivity contribution in [3.05, 3.63) is 59.7 Å². The molecule has 0 unspecified atom stereocenters. The zero-order valence-corrected chi connectivity index (χ0v) is 47.3. The molecule has 0 aromatic heterocycles. The van der Waals surface area contributed by atoms with Crippen LogP contribution in [-0.2, 0) is 29.3 Å². The van der Waals surface area contributed by atoms with Crippen molar-refractivity contribution < 1.29 is 16.5 Å². The maximum atomic E-state index is 4.62. The fourth-order valence-electron chi connectivity index (χ4n) is 10.3. The molecule has 0 spiro atoms. The Morgan fingerprint density at radius 3 is 0.565 bits per heavy atom. The summed E-state index contributed by atoms with van der Waals surface area (Å²) in [6.07, 6.45) is 75.3. The van der Waals surface area contributed by atoms with Gasteiger partial charge >= 0.3 is 0 Å². The van der Waals surface area contributed by atoms with E-state index in [0.29, 0.717) is 0 Å². The number of unbranched alkanes of at least 4 members (excludes halogenated alkanes) is 46. The predicted octanol–water partition coefficient (Wildman–Crippen LogP) is 23.6. The second-order valence-electron chi connectivity index (χ2n) is 21.7. The Labute approximate surface area is 442 Å². The van der Waals surface area contributed by atoms with Crippen LogP contribution in [0.15, 0.2) is 58.5 Å². The summed E-state index contributed by atoms with van der Waals surface area (Å²) in [4.78, 5) is 9.24. The SMILES string of the molecule is CCCCCCCCCCCCCCCCCCCCCCCCCCc1ccc(N=CC=Nc2ccc(CCCCCCCCCCCCCCCCCCCCCCCCCC)cc2)cc1.[Ni]. The van der Waals surface area contributed by atoms with Gasteiger partial charge in [0.05, 0.1) is 11.4 Å². The molecule has 69 heavy (non-hydrogen) atoms. The van der Waals surface area contributed by atoms with Crippen molar-refractivity contribution >= 4 is 23.8 Å². The Morgan fingerprint density at radius 2 is 0.391 bits per heavy atom. The molecule has 0 bridgehead atoms. The molecule has 0 N–H and O–H groups in total. The predicted molar refractivity (Wildman–Crippen MR) is 310 cm³/mol. The molecule has 3 heteroatoms. The van der Waals surface area contributed by atoms with Crippen molar-refractivity contribution in [3.8, 4) is 0 Å². The summed E-state index contributed by atoms with van der Waals surface area (Å²) in [6, 6.07) is 17.6. The van der Waals surface area contributed by atoms with Crippen LogP contribution in [0.3, 0.4) is 0 Å². The first-order chi connectivity index (χ1) is 33.8. The van der Waals surface area contributed by atoms with Crippen LogP contribution in [0.5, 0.6) is 0 Å². The molecule has 0 aliphatic rings. The van der Waals surface area contributed by atoms with E-state index < -0.39 is 0 Å². The largest absolute Gasteiger partial charge is 0.255 e. The van der Waals surface area contributed by atoms with Gasteiger partial charge in [-0.1, -0.05) is 333 Å². The van der Waals surface area contributed by atoms with E-state index in [1.165, 1.54) is 332 Å². The minimum atomic E-state index is 0. The van der Waals surface area contributed by atoms with Crippen molar-refractivity contribution in [2.45, 2.75) is 335 Å². The summed E-state index contributed by atoms with van der Waals surface area (Å²) >= 11 is 0. The van der Waals surface area contributed by atoms with E-state index in [1.807, 2.05) is 12.4 Å². The van der Waals surface area contributed by atoms with E-state index in [0.717, 1.165) is 11.4 Å². The van der Waals surface area contributed by atoms with Gasteiger partial charge in [-0.3, -0.25) is 9.98 Å². The minimum absolute atomic E-state index is 0. The summed E-state index contributed by atoms with van der Waals surface area (Å²) in [5.74, 6) is 0. The molecule has 0 heterocycles. The zero-order chi connectivity index (χ0) is 48.2. The summed E-state index contributed by atoms with van der Waals surface area (Å²) in [6.45, 7) is 4.62. The fraction of sp³-hybridized carbons (Fsp3) is 0.788. The monoisotopic (exact) mass is 995 g/mol. The van der Waals surface area contributed by atoms with Crippen molar-refractivity contribution in [2.24, 2.45) is 9.98 Å². The molecule has 0 aliphatic heterocycles. The van der Waals surface area contributed by atoms with Crippen LogP contribution in [0.4, 0.5) is 11.4 Å². The summed E-state index contributed by atoms with van der Waals surface area (Å²) in [5.41, 5.74) is 4.87. The summed E-state index contributed by atoms with van der Waals surface area (Å²) in [5, 5.41) is 0. The second kappa shape index (κ2) is 54.1. The van der Waals surface area contributed by atoms with Crippen LogP contribution in [0.25, 0.3) is 0 Å². The third-order valence-corrected chi connectivity index (χ3v) is 15.0. The minimum Gasteiger partial charge on any atom is -0.255 e. The zero-order valence-electron chi connectivity index (χ0n) is 46.3. The number of aliphatic imine (C=N–C) groups is 2. The molecule has 400 valence electrons. The molecule has 0 atom stereocenters. The van der Waals surface area contributed by atoms with Gasteiger partial charge < -0.3 is 0 Å². The van der Waals surface area contributed by atoms with Gasteiger partial charge in [0.25, 0.3) is 0 Å². The topological polar surface area (TPSA) is 24.7 Å². The molecule has 0 saturated carbocycles. The van der Waals surface area contributed by atoms with E-state index in [2.05, 4.69) is 72.4 Å². The first-order valence-electron chi connectivity index (χ1n) is 31.1. The molecule has 0 radical (unpaired) electrons. The van der Waals surface area contributed by atoms with Crippen molar-refractivity contribution in [1.82, 2.24) is 0 Å². The van der Waals surface area contributed by atoms with E-state index >= 15 is 0 Å². The van der Waals surface area contributed by atoms with Gasteiger partial charge in [0.1, 0.15) is 0 Å². The smallest absolute Gasteiger partial charge is 0.0630 e. The van der Waals surface area contributed by atoms with Crippen LogP contribution in [0.1, 0.15) is 333 Å². The van der Waals surface area contributed by atoms with Crippen LogP contribution >= 0.6 is 0 Å². The van der Waals surface area contributed by atoms with Crippen LogP contribution in [0.2, 0.25) is 0 Å². The van der Waals surface area contributed by atoms with Gasteiger partial charge in [0.15, 0.2) is 0 Å². The van der Waals surface area contributed by atoms with Crippen molar-refractivity contribution in [1.29, 1.82) is 0 Å². The van der Waals surface area contributed by atoms with Crippen LogP contribution < -0.4 is 0 Å². The Kier molecular flexibility index (Phi) is 51.1. The Bertz CT molecular complexity index is 1230. The molecule has 2 nitrogen and oxygen atoms in total. The molecule has 2 rings (SSSR count). The number of hydrogen-bond donors (Lipinski definition) is 0. The summed E-state index contributed by atoms with van der Waals surface area (Å²) in [7, 11) is 0. The number of rotatable bonds is 53. The van der Waals surface area contributed by atoms with Gasteiger partial charge in [-0.15, -0.1) is 0 Å². The number of aryl methyl sites for hydroxylation is 2. The molecule has 0 aliphatic carbocycles. The Morgan fingerprint density at radius 1 is 0.232 bits per heavy atom. The van der Waals surface area contributed by atoms with Crippen LogP contribution in [0, 0.1) is 0 Å². The van der Waals surface area contributed by atoms with Crippen LogP contribution in [-0.4, -0.2) is 12.4 Å². The first kappa shape index (κ1) is 65.3. The molecular weight excluding hydrogens is 879 g/mol. The third kappa shape index (κ3) is 45.9. The standard InChI is InChI=1S/C66H116N2.Ni/c1-3-5-7-9-11-13-15-17-19-21-23-25-27-29-31-33-35-37-39-41-43-45-47-49-51-63-53-57-65(58-54-63)67-61-62-68-66-59-55-64(56-60-66)52-50-48-46-44-42-40-38-36-34-32-30-28-26-24-22-20-18-16-14-12-10-8-6-4-2;/h53-62H,3-52H2,1-2H3;. The molecular formula is C66H116N2Ni. The molecule has 0 fully saturated rings. The second-order valence-corrected chi connectivity index (χ2v) is 21.7. The normalized spacial score (nSPS) is 11.7. The third-order valence-electron chi connectivity index (χ3n) is 15.0. The first-order valence-corrected chi connectivity index (χ1v) is 31.1. The maximum Gasteiger partial charge on any atom is 0.0630 e. The number of hydrogen-bond acceptors (Lipinski definition) is 2. The number of benzene rings is 2. The average molecular weight is 996 g/mol. The number of nitrogens with zero attached hydrogens (tertiary/aromatic N) is 2. The van der Waals surface area contributed by atoms with Gasteiger partial charge in [-0.2, -0.15) is 0 Å².